The fourth-order valence-electron chi connectivity index (χ4n) is 2.17. The van der Waals surface area contributed by atoms with Crippen LogP contribution in [0.2, 0.25) is 0 Å². The Morgan fingerprint density at radius 2 is 2.11 bits per heavy atom. The number of carbonyl (C=O) groups is 1. The second kappa shape index (κ2) is 6.24. The summed E-state index contributed by atoms with van der Waals surface area (Å²) in [7, 11) is 3.26. The van der Waals surface area contributed by atoms with E-state index in [9.17, 15) is 4.79 Å². The number of hydrogen-bond donors (Lipinski definition) is 0. The van der Waals surface area contributed by atoms with Crippen molar-refractivity contribution in [3.63, 3.8) is 0 Å². The maximum Gasteiger partial charge on any atom is 0.244 e. The average Bonchev–Trinajstić information content (AvgIpc) is 2.38. The number of methoxy groups -OCH3 is 1. The number of benzene rings is 1. The van der Waals surface area contributed by atoms with Crippen LogP contribution in [0.1, 0.15) is 24.5 Å². The van der Waals surface area contributed by atoms with Gasteiger partial charge in [-0.25, -0.2) is 0 Å². The topological polar surface area (TPSA) is 53.3 Å². The van der Waals surface area contributed by atoms with E-state index in [0.29, 0.717) is 12.2 Å². The lowest BCUT2D eigenvalue weighted by Crippen LogP contribution is -2.32. The van der Waals surface area contributed by atoms with Gasteiger partial charge < -0.3 is 9.64 Å². The van der Waals surface area contributed by atoms with Crippen molar-refractivity contribution in [2.75, 3.05) is 19.1 Å². The first-order valence-electron chi connectivity index (χ1n) is 6.28. The Morgan fingerprint density at radius 3 is 2.58 bits per heavy atom. The molecule has 0 radical (unpaired) electrons. The minimum Gasteiger partial charge on any atom is -0.495 e. The Kier molecular flexibility index (Phi) is 4.94. The zero-order chi connectivity index (χ0) is 14.6. The van der Waals surface area contributed by atoms with Gasteiger partial charge in [-0.15, -0.1) is 0 Å². The van der Waals surface area contributed by atoms with Crippen LogP contribution in [0.15, 0.2) is 12.1 Å². The number of rotatable bonds is 4. The fourth-order valence-corrected chi connectivity index (χ4v) is 2.17. The van der Waals surface area contributed by atoms with Crippen molar-refractivity contribution in [1.29, 1.82) is 5.26 Å². The van der Waals surface area contributed by atoms with E-state index >= 15 is 0 Å². The second-order valence-corrected chi connectivity index (χ2v) is 4.62. The number of anilines is 1. The molecule has 0 bridgehead atoms. The van der Waals surface area contributed by atoms with Gasteiger partial charge in [0.05, 0.1) is 18.9 Å². The molecule has 0 fully saturated rings. The molecule has 102 valence electrons. The lowest BCUT2D eigenvalue weighted by Gasteiger charge is -2.24. The molecule has 0 saturated carbocycles. The smallest absolute Gasteiger partial charge is 0.244 e. The number of aryl methyl sites for hydroxylation is 2. The summed E-state index contributed by atoms with van der Waals surface area (Å²) in [6.45, 7) is 5.74. The molecule has 0 heterocycles. The van der Waals surface area contributed by atoms with Gasteiger partial charge in [0.2, 0.25) is 5.91 Å². The normalized spacial score (nSPS) is 11.6. The van der Waals surface area contributed by atoms with Crippen molar-refractivity contribution in [2.45, 2.75) is 27.2 Å². The highest BCUT2D eigenvalue weighted by atomic mass is 16.5. The summed E-state index contributed by atoms with van der Waals surface area (Å²) in [5.74, 6) is -0.160. The number of ether oxygens (including phenoxy) is 1. The third-order valence-corrected chi connectivity index (χ3v) is 3.16. The molecule has 0 saturated heterocycles. The van der Waals surface area contributed by atoms with Crippen LogP contribution in [0.3, 0.4) is 0 Å². The molecule has 1 aromatic rings. The molecule has 0 spiro atoms. The van der Waals surface area contributed by atoms with Crippen LogP contribution in [0.25, 0.3) is 0 Å². The maximum absolute atomic E-state index is 12.3. The predicted molar refractivity (Wildman–Crippen MR) is 75.3 cm³/mol. The molecule has 0 N–H and O–H groups in total. The van der Waals surface area contributed by atoms with Gasteiger partial charge in [0.15, 0.2) is 0 Å². The molecule has 0 aliphatic heterocycles. The van der Waals surface area contributed by atoms with Crippen molar-refractivity contribution in [1.82, 2.24) is 0 Å². The van der Waals surface area contributed by atoms with Gasteiger partial charge in [0, 0.05) is 7.05 Å². The van der Waals surface area contributed by atoms with Crippen molar-refractivity contribution in [2.24, 2.45) is 5.92 Å². The molecule has 0 aliphatic carbocycles. The molecule has 19 heavy (non-hydrogen) atoms. The van der Waals surface area contributed by atoms with E-state index in [0.717, 1.165) is 16.8 Å². The highest BCUT2D eigenvalue weighted by molar-refractivity contribution is 5.98. The number of nitriles is 1. The first-order valence-corrected chi connectivity index (χ1v) is 6.28. The number of hydrogen-bond acceptors (Lipinski definition) is 3. The zero-order valence-corrected chi connectivity index (χ0v) is 12.2. The fraction of sp³-hybridized carbons (Fsp3) is 0.467. The summed E-state index contributed by atoms with van der Waals surface area (Å²) < 4.78 is 5.35. The largest absolute Gasteiger partial charge is 0.495 e. The van der Waals surface area contributed by atoms with Crippen LogP contribution in [0.5, 0.6) is 5.75 Å². The molecule has 1 amide bonds. The summed E-state index contributed by atoms with van der Waals surface area (Å²) >= 11 is 0. The predicted octanol–water partition coefficient (Wildman–Crippen LogP) is 2.82. The Bertz CT molecular complexity index is 518. The van der Waals surface area contributed by atoms with Crippen LogP contribution in [0, 0.1) is 31.1 Å². The lowest BCUT2D eigenvalue weighted by atomic mass is 10.0. The molecule has 4 heteroatoms. The number of amides is 1. The van der Waals surface area contributed by atoms with Gasteiger partial charge in [-0.3, -0.25) is 4.79 Å². The van der Waals surface area contributed by atoms with Gasteiger partial charge in [-0.1, -0.05) is 13.0 Å². The summed E-state index contributed by atoms with van der Waals surface area (Å²) in [5, 5.41) is 9.00. The third kappa shape index (κ3) is 3.05. The highest BCUT2D eigenvalue weighted by Crippen LogP contribution is 2.33. The van der Waals surface area contributed by atoms with Crippen molar-refractivity contribution in [3.8, 4) is 11.8 Å². The zero-order valence-electron chi connectivity index (χ0n) is 12.2. The molecule has 4 nitrogen and oxygen atoms in total. The molecule has 1 atom stereocenters. The van der Waals surface area contributed by atoms with Crippen LogP contribution >= 0.6 is 0 Å². The molecule has 1 aromatic carbocycles. The lowest BCUT2D eigenvalue weighted by molar-refractivity contribution is -0.120. The summed E-state index contributed by atoms with van der Waals surface area (Å²) in [6, 6.07) is 5.92. The molecular weight excluding hydrogens is 240 g/mol. The van der Waals surface area contributed by atoms with E-state index in [4.69, 9.17) is 10.00 Å². The minimum atomic E-state index is -0.615. The van der Waals surface area contributed by atoms with Crippen molar-refractivity contribution < 1.29 is 9.53 Å². The molecule has 0 aliphatic rings. The van der Waals surface area contributed by atoms with Crippen LogP contribution in [-0.4, -0.2) is 20.1 Å². The van der Waals surface area contributed by atoms with Gasteiger partial charge >= 0.3 is 0 Å². The van der Waals surface area contributed by atoms with E-state index in [1.54, 1.807) is 14.2 Å². The van der Waals surface area contributed by atoms with Crippen molar-refractivity contribution in [3.05, 3.63) is 23.3 Å². The van der Waals surface area contributed by atoms with Gasteiger partial charge in [0.25, 0.3) is 0 Å². The third-order valence-electron chi connectivity index (χ3n) is 3.16. The van der Waals surface area contributed by atoms with E-state index in [2.05, 4.69) is 0 Å². The number of nitrogens with zero attached hydrogens (tertiary/aromatic N) is 2. The molecular formula is C15H20N2O2. The molecule has 1 unspecified atom stereocenters. The molecule has 0 aromatic heterocycles. The molecule has 1 rings (SSSR count). The quantitative estimate of drug-likeness (QED) is 0.836. The minimum absolute atomic E-state index is 0.199. The van der Waals surface area contributed by atoms with Crippen LogP contribution < -0.4 is 9.64 Å². The van der Waals surface area contributed by atoms with Crippen molar-refractivity contribution >= 4 is 11.6 Å². The monoisotopic (exact) mass is 260 g/mol. The first kappa shape index (κ1) is 15.0. The summed E-state index contributed by atoms with van der Waals surface area (Å²) in [4.78, 5) is 13.8. The number of carbonyl (C=O) groups excluding carboxylic acids is 1. The van der Waals surface area contributed by atoms with E-state index in [1.807, 2.05) is 39.0 Å². The second-order valence-electron chi connectivity index (χ2n) is 4.62. The Morgan fingerprint density at radius 1 is 1.47 bits per heavy atom. The standard InChI is InChI=1S/C15H20N2O2/c1-6-12(9-16)15(18)17(4)14-11(3)7-10(2)8-13(14)19-5/h7-8,12H,6H2,1-5H3. The Labute approximate surface area is 114 Å². The van der Waals surface area contributed by atoms with Gasteiger partial charge in [-0.05, 0) is 37.5 Å². The summed E-state index contributed by atoms with van der Waals surface area (Å²) in [6.07, 6.45) is 0.507. The first-order chi connectivity index (χ1) is 8.96. The Hall–Kier alpha value is -2.02. The van der Waals surface area contributed by atoms with E-state index in [1.165, 1.54) is 4.90 Å². The van der Waals surface area contributed by atoms with E-state index in [-0.39, 0.29) is 5.91 Å². The Balaban J connectivity index is 3.23. The van der Waals surface area contributed by atoms with Crippen LogP contribution in [-0.2, 0) is 4.79 Å². The average molecular weight is 260 g/mol. The van der Waals surface area contributed by atoms with E-state index < -0.39 is 5.92 Å². The van der Waals surface area contributed by atoms with Gasteiger partial charge in [-0.2, -0.15) is 5.26 Å². The highest BCUT2D eigenvalue weighted by Gasteiger charge is 2.24. The maximum atomic E-state index is 12.3. The van der Waals surface area contributed by atoms with Gasteiger partial charge in [0.1, 0.15) is 11.7 Å². The summed E-state index contributed by atoms with van der Waals surface area (Å²) in [5.41, 5.74) is 2.76. The SMILES string of the molecule is CCC(C#N)C(=O)N(C)c1c(C)cc(C)cc1OC. The van der Waals surface area contributed by atoms with Crippen LogP contribution in [0.4, 0.5) is 5.69 Å².